The number of nitrogens with two attached hydrogens (primary N) is 1. The molecule has 0 aromatic carbocycles. The Hall–Kier alpha value is -1.03. The number of aryl methyl sites for hydroxylation is 1. The van der Waals surface area contributed by atoms with Gasteiger partial charge in [-0.05, 0) is 19.4 Å². The van der Waals surface area contributed by atoms with Crippen LogP contribution in [0.2, 0.25) is 0 Å². The lowest BCUT2D eigenvalue weighted by Crippen LogP contribution is -2.04. The lowest BCUT2D eigenvalue weighted by molar-refractivity contribution is 0.0533. The Labute approximate surface area is 81.5 Å². The van der Waals surface area contributed by atoms with E-state index in [1.807, 2.05) is 13.0 Å². The van der Waals surface area contributed by atoms with Gasteiger partial charge in [-0.3, -0.25) is 0 Å². The van der Waals surface area contributed by atoms with Gasteiger partial charge in [0.2, 0.25) is 0 Å². The van der Waals surface area contributed by atoms with Crippen molar-refractivity contribution in [2.24, 2.45) is 0 Å². The molecule has 0 spiro atoms. The van der Waals surface area contributed by atoms with Crippen LogP contribution >= 0.6 is 11.3 Å². The predicted octanol–water partition coefficient (Wildman–Crippen LogP) is 2.07. The Morgan fingerprint density at radius 2 is 2.31 bits per heavy atom. The molecule has 1 aromatic heterocycles. The molecule has 1 heterocycles. The van der Waals surface area contributed by atoms with Crippen molar-refractivity contribution in [3.8, 4) is 0 Å². The summed E-state index contributed by atoms with van der Waals surface area (Å²) in [6, 6.07) is 1.83. The highest BCUT2D eigenvalue weighted by atomic mass is 32.1. The fraction of sp³-hybridized carbons (Fsp3) is 0.444. The van der Waals surface area contributed by atoms with Crippen molar-refractivity contribution in [3.63, 3.8) is 0 Å². The normalized spacial score (nSPS) is 10.0. The van der Waals surface area contributed by atoms with Gasteiger partial charge in [0.05, 0.1) is 12.3 Å². The van der Waals surface area contributed by atoms with Crippen LogP contribution in [0, 0.1) is 0 Å². The summed E-state index contributed by atoms with van der Waals surface area (Å²) in [5.41, 5.74) is 6.19. The summed E-state index contributed by atoms with van der Waals surface area (Å²) >= 11 is 1.41. The largest absolute Gasteiger partial charge is 0.462 e. The van der Waals surface area contributed by atoms with E-state index in [2.05, 4.69) is 0 Å². The molecule has 72 valence electrons. The van der Waals surface area contributed by atoms with Crippen molar-refractivity contribution in [2.75, 3.05) is 12.3 Å². The number of esters is 1. The van der Waals surface area contributed by atoms with Gasteiger partial charge in [0, 0.05) is 4.88 Å². The van der Waals surface area contributed by atoms with Crippen molar-refractivity contribution in [1.82, 2.24) is 0 Å². The van der Waals surface area contributed by atoms with Crippen molar-refractivity contribution in [3.05, 3.63) is 15.8 Å². The minimum Gasteiger partial charge on any atom is -0.462 e. The predicted molar refractivity (Wildman–Crippen MR) is 54.1 cm³/mol. The second-order valence-electron chi connectivity index (χ2n) is 2.57. The molecule has 0 saturated carbocycles. The van der Waals surface area contributed by atoms with E-state index < -0.39 is 0 Å². The Morgan fingerprint density at radius 1 is 1.62 bits per heavy atom. The third-order valence-corrected chi connectivity index (χ3v) is 2.90. The molecule has 1 aromatic rings. The first-order valence-electron chi connectivity index (χ1n) is 4.24. The zero-order chi connectivity index (χ0) is 9.84. The highest BCUT2D eigenvalue weighted by Gasteiger charge is 2.14. The van der Waals surface area contributed by atoms with E-state index in [1.165, 1.54) is 11.3 Å². The van der Waals surface area contributed by atoms with Crippen molar-refractivity contribution in [1.29, 1.82) is 0 Å². The van der Waals surface area contributed by atoms with E-state index in [1.54, 1.807) is 6.92 Å². The van der Waals surface area contributed by atoms with Gasteiger partial charge in [-0.25, -0.2) is 4.79 Å². The summed E-state index contributed by atoms with van der Waals surface area (Å²) in [4.78, 5) is 12.9. The topological polar surface area (TPSA) is 52.3 Å². The minimum atomic E-state index is -0.315. The van der Waals surface area contributed by atoms with Crippen LogP contribution in [0.4, 0.5) is 5.69 Å². The van der Waals surface area contributed by atoms with Crippen LogP contribution in [0.3, 0.4) is 0 Å². The molecule has 0 aliphatic heterocycles. The van der Waals surface area contributed by atoms with Gasteiger partial charge in [0.1, 0.15) is 4.88 Å². The van der Waals surface area contributed by atoms with Gasteiger partial charge in [0.25, 0.3) is 0 Å². The molecular formula is C9H13NO2S. The van der Waals surface area contributed by atoms with Crippen molar-refractivity contribution in [2.45, 2.75) is 20.3 Å². The zero-order valence-electron chi connectivity index (χ0n) is 7.79. The second kappa shape index (κ2) is 4.28. The Balaban J connectivity index is 2.87. The first-order valence-corrected chi connectivity index (χ1v) is 5.06. The molecule has 1 rings (SSSR count). The van der Waals surface area contributed by atoms with Gasteiger partial charge in [0.15, 0.2) is 0 Å². The summed E-state index contributed by atoms with van der Waals surface area (Å²) in [5.74, 6) is -0.315. The van der Waals surface area contributed by atoms with Crippen LogP contribution in [-0.2, 0) is 11.2 Å². The maximum atomic E-state index is 11.3. The molecule has 0 fully saturated rings. The van der Waals surface area contributed by atoms with Gasteiger partial charge in [-0.15, -0.1) is 11.3 Å². The van der Waals surface area contributed by atoms with E-state index in [-0.39, 0.29) is 5.97 Å². The zero-order valence-corrected chi connectivity index (χ0v) is 8.61. The molecule has 0 atom stereocenters. The van der Waals surface area contributed by atoms with E-state index in [9.17, 15) is 4.79 Å². The SMILES string of the molecule is CCOC(=O)c1sc(CC)cc1N. The van der Waals surface area contributed by atoms with Crippen molar-refractivity contribution < 1.29 is 9.53 Å². The smallest absolute Gasteiger partial charge is 0.350 e. The number of carbonyl (C=O) groups excluding carboxylic acids is 1. The molecule has 3 nitrogen and oxygen atoms in total. The van der Waals surface area contributed by atoms with Crippen LogP contribution in [0.5, 0.6) is 0 Å². The highest BCUT2D eigenvalue weighted by Crippen LogP contribution is 2.25. The monoisotopic (exact) mass is 199 g/mol. The van der Waals surface area contributed by atoms with E-state index in [0.717, 1.165) is 11.3 Å². The van der Waals surface area contributed by atoms with E-state index >= 15 is 0 Å². The highest BCUT2D eigenvalue weighted by molar-refractivity contribution is 7.14. The van der Waals surface area contributed by atoms with Gasteiger partial charge >= 0.3 is 5.97 Å². The third-order valence-electron chi connectivity index (χ3n) is 1.62. The number of nitrogen functional groups attached to an aromatic ring is 1. The maximum absolute atomic E-state index is 11.3. The van der Waals surface area contributed by atoms with Gasteiger partial charge < -0.3 is 10.5 Å². The summed E-state index contributed by atoms with van der Waals surface area (Å²) < 4.78 is 4.86. The Kier molecular flexibility index (Phi) is 3.31. The number of anilines is 1. The number of carbonyl (C=O) groups is 1. The molecule has 0 bridgehead atoms. The number of thiophene rings is 1. The number of hydrogen-bond donors (Lipinski definition) is 1. The first kappa shape index (κ1) is 10.1. The molecule has 0 saturated heterocycles. The lowest BCUT2D eigenvalue weighted by atomic mass is 10.3. The Bertz CT molecular complexity index is 307. The van der Waals surface area contributed by atoms with Crippen LogP contribution in [0.15, 0.2) is 6.07 Å². The fourth-order valence-electron chi connectivity index (χ4n) is 0.989. The molecule has 0 aliphatic carbocycles. The van der Waals surface area contributed by atoms with Crippen LogP contribution in [-0.4, -0.2) is 12.6 Å². The number of rotatable bonds is 3. The van der Waals surface area contributed by atoms with Crippen LogP contribution < -0.4 is 5.73 Å². The van der Waals surface area contributed by atoms with Crippen LogP contribution in [0.1, 0.15) is 28.4 Å². The molecule has 0 unspecified atom stereocenters. The summed E-state index contributed by atoms with van der Waals surface area (Å²) in [6.07, 6.45) is 0.897. The maximum Gasteiger partial charge on any atom is 0.350 e. The molecule has 2 N–H and O–H groups in total. The summed E-state index contributed by atoms with van der Waals surface area (Å²) in [5, 5.41) is 0. The molecular weight excluding hydrogens is 186 g/mol. The average molecular weight is 199 g/mol. The van der Waals surface area contributed by atoms with Gasteiger partial charge in [-0.1, -0.05) is 6.92 Å². The molecule has 0 aliphatic rings. The van der Waals surface area contributed by atoms with Crippen molar-refractivity contribution >= 4 is 23.0 Å². The quantitative estimate of drug-likeness (QED) is 0.758. The Morgan fingerprint density at radius 3 is 2.77 bits per heavy atom. The molecule has 4 heteroatoms. The second-order valence-corrected chi connectivity index (χ2v) is 3.71. The van der Waals surface area contributed by atoms with Crippen LogP contribution in [0.25, 0.3) is 0 Å². The summed E-state index contributed by atoms with van der Waals surface area (Å²) in [7, 11) is 0. The fourth-order valence-corrected chi connectivity index (χ4v) is 1.90. The number of ether oxygens (including phenoxy) is 1. The first-order chi connectivity index (χ1) is 6.19. The standard InChI is InChI=1S/C9H13NO2S/c1-3-6-5-7(10)8(13-6)9(11)12-4-2/h5H,3-4,10H2,1-2H3. The summed E-state index contributed by atoms with van der Waals surface area (Å²) in [6.45, 7) is 4.19. The molecule has 0 radical (unpaired) electrons. The molecule has 0 amide bonds. The van der Waals surface area contributed by atoms with Gasteiger partial charge in [-0.2, -0.15) is 0 Å². The third kappa shape index (κ3) is 2.21. The average Bonchev–Trinajstić information content (AvgIpc) is 2.47. The lowest BCUT2D eigenvalue weighted by Gasteiger charge is -1.98. The minimum absolute atomic E-state index is 0.315. The molecule has 13 heavy (non-hydrogen) atoms. The number of hydrogen-bond acceptors (Lipinski definition) is 4. The van der Waals surface area contributed by atoms with E-state index in [0.29, 0.717) is 17.2 Å². The van der Waals surface area contributed by atoms with E-state index in [4.69, 9.17) is 10.5 Å².